The second kappa shape index (κ2) is 8.88. The normalized spacial score (nSPS) is 12.3. The second-order valence-electron chi connectivity index (χ2n) is 6.40. The summed E-state index contributed by atoms with van der Waals surface area (Å²) in [6.45, 7) is 4.41. The van der Waals surface area contributed by atoms with Gasteiger partial charge in [0.15, 0.2) is 0 Å². The van der Waals surface area contributed by atoms with E-state index in [4.69, 9.17) is 16.3 Å². The first-order valence-electron chi connectivity index (χ1n) is 8.34. The van der Waals surface area contributed by atoms with Gasteiger partial charge in [-0.15, -0.1) is 0 Å². The highest BCUT2D eigenvalue weighted by atomic mass is 35.5. The Bertz CT molecular complexity index is 699. The predicted molar refractivity (Wildman–Crippen MR) is 102 cm³/mol. The van der Waals surface area contributed by atoms with Crippen LogP contribution in [0.3, 0.4) is 0 Å². The van der Waals surface area contributed by atoms with Crippen LogP contribution in [0, 0.1) is 0 Å². The molecule has 0 saturated carbocycles. The summed E-state index contributed by atoms with van der Waals surface area (Å²) in [5, 5.41) is 3.69. The molecule has 134 valence electrons. The lowest BCUT2D eigenvalue weighted by atomic mass is 10.1. The van der Waals surface area contributed by atoms with E-state index in [2.05, 4.69) is 5.32 Å². The zero-order chi connectivity index (χ0) is 18.4. The molecule has 1 N–H and O–H groups in total. The van der Waals surface area contributed by atoms with Crippen LogP contribution in [-0.2, 0) is 0 Å². The van der Waals surface area contributed by atoms with E-state index >= 15 is 0 Å². The Morgan fingerprint density at radius 1 is 1.12 bits per heavy atom. The van der Waals surface area contributed by atoms with Crippen molar-refractivity contribution in [3.8, 4) is 5.75 Å². The predicted octanol–water partition coefficient (Wildman–Crippen LogP) is 4.16. The van der Waals surface area contributed by atoms with E-state index in [-0.39, 0.29) is 18.1 Å². The number of carbonyl (C=O) groups is 1. The van der Waals surface area contributed by atoms with Gasteiger partial charge in [-0.05, 0) is 63.8 Å². The van der Waals surface area contributed by atoms with Crippen molar-refractivity contribution >= 4 is 17.5 Å². The van der Waals surface area contributed by atoms with E-state index in [1.807, 2.05) is 69.2 Å². The smallest absolute Gasteiger partial charge is 0.251 e. The minimum Gasteiger partial charge on any atom is -0.491 e. The molecule has 25 heavy (non-hydrogen) atoms. The van der Waals surface area contributed by atoms with Crippen LogP contribution < -0.4 is 10.1 Å². The molecule has 0 aromatic heterocycles. The minimum absolute atomic E-state index is 0.00111. The number of likely N-dealkylation sites (N-methyl/N-ethyl adjacent to an activating group) is 1. The molecule has 0 heterocycles. The van der Waals surface area contributed by atoms with Gasteiger partial charge in [0.25, 0.3) is 5.91 Å². The SMILES string of the molecule is CC(C)Oc1ccc(C(=O)NC[C@H](c2ccccc2Cl)N(C)C)cc1. The van der Waals surface area contributed by atoms with E-state index in [1.165, 1.54) is 0 Å². The number of hydrogen-bond acceptors (Lipinski definition) is 3. The van der Waals surface area contributed by atoms with Gasteiger partial charge in [0.1, 0.15) is 5.75 Å². The van der Waals surface area contributed by atoms with E-state index in [1.54, 1.807) is 12.1 Å². The fraction of sp³-hybridized carbons (Fsp3) is 0.350. The van der Waals surface area contributed by atoms with Gasteiger partial charge in [0, 0.05) is 17.1 Å². The third-order valence-electron chi connectivity index (χ3n) is 3.83. The van der Waals surface area contributed by atoms with Crippen LogP contribution in [-0.4, -0.2) is 37.6 Å². The van der Waals surface area contributed by atoms with Gasteiger partial charge in [-0.2, -0.15) is 0 Å². The number of halogens is 1. The van der Waals surface area contributed by atoms with Gasteiger partial charge >= 0.3 is 0 Å². The number of benzene rings is 2. The van der Waals surface area contributed by atoms with Crippen molar-refractivity contribution in [2.45, 2.75) is 26.0 Å². The number of ether oxygens (including phenoxy) is 1. The van der Waals surface area contributed by atoms with Crippen LogP contribution in [0.25, 0.3) is 0 Å². The Hall–Kier alpha value is -2.04. The number of nitrogens with zero attached hydrogens (tertiary/aromatic N) is 1. The zero-order valence-electron chi connectivity index (χ0n) is 15.1. The summed E-state index contributed by atoms with van der Waals surface area (Å²) in [6, 6.07) is 14.9. The molecule has 0 aliphatic rings. The third kappa shape index (κ3) is 5.48. The molecule has 0 fully saturated rings. The van der Waals surface area contributed by atoms with Crippen molar-refractivity contribution in [3.63, 3.8) is 0 Å². The average molecular weight is 361 g/mol. The topological polar surface area (TPSA) is 41.6 Å². The summed E-state index contributed by atoms with van der Waals surface area (Å²) < 4.78 is 5.60. The molecule has 2 rings (SSSR count). The van der Waals surface area contributed by atoms with E-state index in [9.17, 15) is 4.79 Å². The van der Waals surface area contributed by atoms with Crippen LogP contribution in [0.4, 0.5) is 0 Å². The van der Waals surface area contributed by atoms with Crippen molar-refractivity contribution < 1.29 is 9.53 Å². The minimum atomic E-state index is -0.116. The summed E-state index contributed by atoms with van der Waals surface area (Å²) in [6.07, 6.45) is 0.108. The lowest BCUT2D eigenvalue weighted by Crippen LogP contribution is -2.34. The summed E-state index contributed by atoms with van der Waals surface area (Å²) >= 11 is 6.30. The van der Waals surface area contributed by atoms with E-state index < -0.39 is 0 Å². The number of hydrogen-bond donors (Lipinski definition) is 1. The molecule has 1 amide bonds. The van der Waals surface area contributed by atoms with Crippen molar-refractivity contribution in [1.29, 1.82) is 0 Å². The summed E-state index contributed by atoms with van der Waals surface area (Å²) in [5.74, 6) is 0.642. The summed E-state index contributed by atoms with van der Waals surface area (Å²) in [5.41, 5.74) is 1.60. The molecule has 4 nitrogen and oxygen atoms in total. The Morgan fingerprint density at radius 3 is 2.32 bits per heavy atom. The molecular weight excluding hydrogens is 336 g/mol. The largest absolute Gasteiger partial charge is 0.491 e. The van der Waals surface area contributed by atoms with E-state index in [0.717, 1.165) is 11.3 Å². The van der Waals surface area contributed by atoms with Crippen LogP contribution in [0.5, 0.6) is 5.75 Å². The molecule has 0 aliphatic heterocycles. The molecule has 2 aromatic rings. The van der Waals surface area contributed by atoms with Crippen LogP contribution in [0.15, 0.2) is 48.5 Å². The van der Waals surface area contributed by atoms with Gasteiger partial charge < -0.3 is 15.0 Å². The van der Waals surface area contributed by atoms with Crippen molar-refractivity contribution in [2.24, 2.45) is 0 Å². The first-order valence-corrected chi connectivity index (χ1v) is 8.72. The summed E-state index contributed by atoms with van der Waals surface area (Å²) in [7, 11) is 3.94. The van der Waals surface area contributed by atoms with Crippen LogP contribution >= 0.6 is 11.6 Å². The Kier molecular flexibility index (Phi) is 6.85. The molecular formula is C20H25ClN2O2. The molecule has 0 aliphatic carbocycles. The maximum Gasteiger partial charge on any atom is 0.251 e. The molecule has 0 spiro atoms. The fourth-order valence-electron chi connectivity index (χ4n) is 2.56. The maximum atomic E-state index is 12.4. The molecule has 0 saturated heterocycles. The van der Waals surface area contributed by atoms with Gasteiger partial charge in [0.05, 0.1) is 12.1 Å². The highest BCUT2D eigenvalue weighted by Gasteiger charge is 2.18. The summed E-state index contributed by atoms with van der Waals surface area (Å²) in [4.78, 5) is 14.5. The Morgan fingerprint density at radius 2 is 1.76 bits per heavy atom. The number of nitrogens with one attached hydrogen (secondary N) is 1. The molecule has 0 unspecified atom stereocenters. The Labute approximate surface area is 154 Å². The van der Waals surface area contributed by atoms with Crippen LogP contribution in [0.2, 0.25) is 5.02 Å². The first-order chi connectivity index (χ1) is 11.9. The Balaban J connectivity index is 2.03. The monoisotopic (exact) mass is 360 g/mol. The van der Waals surface area contributed by atoms with E-state index in [0.29, 0.717) is 17.1 Å². The number of amides is 1. The fourth-order valence-corrected chi connectivity index (χ4v) is 2.83. The lowest BCUT2D eigenvalue weighted by Gasteiger charge is -2.26. The van der Waals surface area contributed by atoms with Crippen molar-refractivity contribution in [2.75, 3.05) is 20.6 Å². The van der Waals surface area contributed by atoms with Gasteiger partial charge in [-0.1, -0.05) is 29.8 Å². The molecule has 0 radical (unpaired) electrons. The number of rotatable bonds is 7. The average Bonchev–Trinajstić information content (AvgIpc) is 2.56. The quantitative estimate of drug-likeness (QED) is 0.806. The van der Waals surface area contributed by atoms with Gasteiger partial charge in [-0.25, -0.2) is 0 Å². The molecule has 0 bridgehead atoms. The van der Waals surface area contributed by atoms with Gasteiger partial charge in [0.2, 0.25) is 0 Å². The molecule has 5 heteroatoms. The standard InChI is InChI=1S/C20H25ClN2O2/c1-14(2)25-16-11-9-15(10-12-16)20(24)22-13-19(23(3)4)17-7-5-6-8-18(17)21/h5-12,14,19H,13H2,1-4H3,(H,22,24)/t19-/m1/s1. The highest BCUT2D eigenvalue weighted by molar-refractivity contribution is 6.31. The van der Waals surface area contributed by atoms with Crippen LogP contribution in [0.1, 0.15) is 35.8 Å². The molecule has 1 atom stereocenters. The maximum absolute atomic E-state index is 12.4. The van der Waals surface area contributed by atoms with Crippen molar-refractivity contribution in [1.82, 2.24) is 10.2 Å². The zero-order valence-corrected chi connectivity index (χ0v) is 15.9. The molecule has 2 aromatic carbocycles. The highest BCUT2D eigenvalue weighted by Crippen LogP contribution is 2.25. The first kappa shape index (κ1) is 19.3. The lowest BCUT2D eigenvalue weighted by molar-refractivity contribution is 0.0942. The van der Waals surface area contributed by atoms with Crippen molar-refractivity contribution in [3.05, 3.63) is 64.7 Å². The van der Waals surface area contributed by atoms with Gasteiger partial charge in [-0.3, -0.25) is 4.79 Å². The second-order valence-corrected chi connectivity index (χ2v) is 6.81. The number of carbonyl (C=O) groups excluding carboxylic acids is 1. The third-order valence-corrected chi connectivity index (χ3v) is 4.18.